The highest BCUT2D eigenvalue weighted by molar-refractivity contribution is 5.81. The van der Waals surface area contributed by atoms with Crippen LogP contribution in [0.2, 0.25) is 0 Å². The van der Waals surface area contributed by atoms with Gasteiger partial charge in [-0.25, -0.2) is 0 Å². The van der Waals surface area contributed by atoms with Crippen LogP contribution < -0.4 is 9.64 Å². The molecule has 2 amide bonds. The van der Waals surface area contributed by atoms with Gasteiger partial charge in [-0.3, -0.25) is 14.5 Å². The van der Waals surface area contributed by atoms with E-state index in [1.807, 2.05) is 21.9 Å². The van der Waals surface area contributed by atoms with Crippen LogP contribution in [0.3, 0.4) is 0 Å². The van der Waals surface area contributed by atoms with Crippen LogP contribution >= 0.6 is 0 Å². The summed E-state index contributed by atoms with van der Waals surface area (Å²) in [7, 11) is 8.52. The van der Waals surface area contributed by atoms with E-state index in [1.54, 1.807) is 46.4 Å². The van der Waals surface area contributed by atoms with Crippen molar-refractivity contribution in [3.63, 3.8) is 0 Å². The van der Waals surface area contributed by atoms with Crippen LogP contribution in [0.15, 0.2) is 42.5 Å². The van der Waals surface area contributed by atoms with Gasteiger partial charge in [-0.15, -0.1) is 0 Å². The maximum Gasteiger partial charge on any atom is 0.416 e. The molecule has 52 heavy (non-hydrogen) atoms. The van der Waals surface area contributed by atoms with E-state index in [-0.39, 0.29) is 47.5 Å². The van der Waals surface area contributed by atoms with E-state index in [9.17, 15) is 22.8 Å². The van der Waals surface area contributed by atoms with Gasteiger partial charge in [0.15, 0.2) is 0 Å². The van der Waals surface area contributed by atoms with Crippen molar-refractivity contribution in [1.82, 2.24) is 14.7 Å². The average Bonchev–Trinajstić information content (AvgIpc) is 3.79. The van der Waals surface area contributed by atoms with Gasteiger partial charge in [-0.05, 0) is 73.9 Å². The smallest absolute Gasteiger partial charge is 0.416 e. The van der Waals surface area contributed by atoms with E-state index in [0.29, 0.717) is 63.9 Å². The number of halogens is 3. The van der Waals surface area contributed by atoms with E-state index in [0.717, 1.165) is 49.1 Å². The summed E-state index contributed by atoms with van der Waals surface area (Å²) in [4.78, 5) is 35.5. The molecular weight excluding hydrogens is 673 g/mol. The third-order valence-corrected chi connectivity index (χ3v) is 12.2. The Bertz CT molecular complexity index is 1520. The van der Waals surface area contributed by atoms with Crippen molar-refractivity contribution in [1.29, 1.82) is 0 Å². The molecule has 3 saturated heterocycles. The van der Waals surface area contributed by atoms with Crippen molar-refractivity contribution in [3.05, 3.63) is 59.2 Å². The molecule has 286 valence electrons. The summed E-state index contributed by atoms with van der Waals surface area (Å²) in [6, 6.07) is 12.5. The molecule has 0 radical (unpaired) electrons. The molecule has 4 atom stereocenters. The first-order chi connectivity index (χ1) is 24.9. The number of hydrogen-bond donors (Lipinski definition) is 0. The molecule has 6 rings (SSSR count). The zero-order valence-electron chi connectivity index (χ0n) is 31.2. The molecule has 0 bridgehead atoms. The van der Waals surface area contributed by atoms with Gasteiger partial charge in [0.05, 0.1) is 31.3 Å². The van der Waals surface area contributed by atoms with E-state index in [1.165, 1.54) is 12.1 Å². The lowest BCUT2D eigenvalue weighted by atomic mass is 9.86. The third kappa shape index (κ3) is 8.24. The Morgan fingerprint density at radius 2 is 1.54 bits per heavy atom. The Morgan fingerprint density at radius 3 is 2.13 bits per heavy atom. The van der Waals surface area contributed by atoms with E-state index in [4.69, 9.17) is 14.2 Å². The molecule has 2 aromatic rings. The summed E-state index contributed by atoms with van der Waals surface area (Å²) in [6.07, 6.45) is 1.02. The monoisotopic (exact) mass is 728 g/mol. The normalized spacial score (nSPS) is 27.6. The molecule has 3 heterocycles. The number of likely N-dealkylation sites (tertiary alicyclic amines) is 2. The molecule has 2 aromatic carbocycles. The number of anilines is 1. The molecule has 4 aliphatic rings. The van der Waals surface area contributed by atoms with Gasteiger partial charge >= 0.3 is 6.18 Å². The van der Waals surface area contributed by atoms with Crippen molar-refractivity contribution in [2.24, 2.45) is 17.8 Å². The van der Waals surface area contributed by atoms with Gasteiger partial charge in [0.2, 0.25) is 11.8 Å². The largest absolute Gasteiger partial charge is 0.497 e. The minimum Gasteiger partial charge on any atom is -0.497 e. The number of alkyl halides is 3. The fourth-order valence-electron chi connectivity index (χ4n) is 9.28. The van der Waals surface area contributed by atoms with Gasteiger partial charge < -0.3 is 28.9 Å². The summed E-state index contributed by atoms with van der Waals surface area (Å²) in [6.45, 7) is 3.69. The predicted octanol–water partition coefficient (Wildman–Crippen LogP) is 5.88. The Hall–Kier alpha value is -3.35. The number of amides is 2. The first-order valence-corrected chi connectivity index (χ1v) is 18.8. The quantitative estimate of drug-likeness (QED) is 0.303. The topological polar surface area (TPSA) is 74.8 Å². The second kappa shape index (κ2) is 16.3. The lowest BCUT2D eigenvalue weighted by Gasteiger charge is -2.36. The average molecular weight is 729 g/mol. The van der Waals surface area contributed by atoms with Crippen molar-refractivity contribution in [2.45, 2.75) is 68.7 Å². The van der Waals surface area contributed by atoms with E-state index in [2.05, 4.69) is 17.0 Å². The van der Waals surface area contributed by atoms with E-state index < -0.39 is 11.7 Å². The van der Waals surface area contributed by atoms with Gasteiger partial charge in [-0.1, -0.05) is 18.2 Å². The fourth-order valence-corrected chi connectivity index (χ4v) is 9.28. The van der Waals surface area contributed by atoms with Crippen molar-refractivity contribution in [2.75, 3.05) is 86.2 Å². The number of methoxy groups -OCH3 is 3. The SMILES string of the molecule is COC[C@H]1CN(C(=O)[C@@H]2CN([C@H]3CC[C@H](OC)CC3)C[C@H]2c2ccc(OC)cc2)C[C@@H]1c1ccc(C(F)(F)F)cc1N1CCC(C(=O)N(C)C)CC1. The minimum absolute atomic E-state index is 0.00582. The molecule has 0 N–H and O–H groups in total. The van der Waals surface area contributed by atoms with Crippen molar-refractivity contribution in [3.8, 4) is 5.75 Å². The molecule has 3 aliphatic heterocycles. The highest BCUT2D eigenvalue weighted by Crippen LogP contribution is 2.44. The van der Waals surface area contributed by atoms with Crippen molar-refractivity contribution >= 4 is 17.5 Å². The minimum atomic E-state index is -4.50. The molecule has 1 aliphatic carbocycles. The second-order valence-corrected chi connectivity index (χ2v) is 15.4. The van der Waals surface area contributed by atoms with Crippen LogP contribution in [-0.2, 0) is 25.2 Å². The van der Waals surface area contributed by atoms with Crippen LogP contribution in [0.4, 0.5) is 18.9 Å². The number of piperidine rings is 1. The highest BCUT2D eigenvalue weighted by atomic mass is 19.4. The van der Waals surface area contributed by atoms with Crippen LogP contribution in [0, 0.1) is 17.8 Å². The van der Waals surface area contributed by atoms with Crippen LogP contribution in [-0.4, -0.2) is 120 Å². The third-order valence-electron chi connectivity index (χ3n) is 12.2. The number of ether oxygens (including phenoxy) is 3. The molecule has 9 nitrogen and oxygen atoms in total. The lowest BCUT2D eigenvalue weighted by molar-refractivity contribution is -0.137. The number of carbonyl (C=O) groups is 2. The van der Waals surface area contributed by atoms with Crippen LogP contribution in [0.5, 0.6) is 5.75 Å². The maximum atomic E-state index is 14.8. The Morgan fingerprint density at radius 1 is 0.846 bits per heavy atom. The predicted molar refractivity (Wildman–Crippen MR) is 194 cm³/mol. The summed E-state index contributed by atoms with van der Waals surface area (Å²) < 4.78 is 59.0. The molecule has 0 spiro atoms. The van der Waals surface area contributed by atoms with Crippen LogP contribution in [0.25, 0.3) is 0 Å². The number of rotatable bonds is 10. The Balaban J connectivity index is 1.27. The number of hydrogen-bond acceptors (Lipinski definition) is 7. The molecule has 0 aromatic heterocycles. The van der Waals surface area contributed by atoms with Crippen LogP contribution in [0.1, 0.15) is 67.1 Å². The Labute approximate surface area is 306 Å². The van der Waals surface area contributed by atoms with Gasteiger partial charge in [-0.2, -0.15) is 13.2 Å². The summed E-state index contributed by atoms with van der Waals surface area (Å²) in [5, 5.41) is 0. The number of benzene rings is 2. The second-order valence-electron chi connectivity index (χ2n) is 15.4. The summed E-state index contributed by atoms with van der Waals surface area (Å²) in [5.74, 6) is 0.222. The maximum absolute atomic E-state index is 14.8. The molecule has 1 saturated carbocycles. The molecule has 0 unspecified atom stereocenters. The molecule has 4 fully saturated rings. The Kier molecular flexibility index (Phi) is 12.1. The molecular formula is C40H55F3N4O5. The van der Waals surface area contributed by atoms with Crippen molar-refractivity contribution < 1.29 is 37.0 Å². The van der Waals surface area contributed by atoms with Gasteiger partial charge in [0.1, 0.15) is 5.75 Å². The molecule has 12 heteroatoms. The zero-order chi connectivity index (χ0) is 37.2. The number of nitrogens with zero attached hydrogens (tertiary/aromatic N) is 4. The zero-order valence-corrected chi connectivity index (χ0v) is 31.2. The summed E-state index contributed by atoms with van der Waals surface area (Å²) in [5.41, 5.74) is 1.76. The van der Waals surface area contributed by atoms with E-state index >= 15 is 0 Å². The van der Waals surface area contributed by atoms with Gasteiger partial charge in [0, 0.05) is 103 Å². The first kappa shape index (κ1) is 38.4. The first-order valence-electron chi connectivity index (χ1n) is 18.8. The lowest BCUT2D eigenvalue weighted by Crippen LogP contribution is -2.41. The standard InChI is InChI=1S/C40H55F3N4O5/c1-44(2)38(48)27-16-18-45(19-17-27)37-20-29(40(41,42)43)8-15-33(37)35-23-47(21-28(35)25-50-3)39(49)36-24-46(30-9-13-32(52-5)14-10-30)22-34(36)26-6-11-31(51-4)12-7-26/h6-8,11-12,15,20,27-28,30,32,34-36H,9-10,13-14,16-19,21-25H2,1-5H3/t28-,30-,32-,34+,35+,36-/m1/s1. The van der Waals surface area contributed by atoms with Gasteiger partial charge in [0.25, 0.3) is 0 Å². The highest BCUT2D eigenvalue weighted by Gasteiger charge is 2.47. The fraction of sp³-hybridized carbons (Fsp3) is 0.650. The number of carbonyl (C=O) groups excluding carboxylic acids is 2. The summed E-state index contributed by atoms with van der Waals surface area (Å²) >= 11 is 0.